The van der Waals surface area contributed by atoms with Gasteiger partial charge in [0.1, 0.15) is 10.0 Å². The van der Waals surface area contributed by atoms with E-state index in [9.17, 15) is 13.2 Å². The lowest BCUT2D eigenvalue weighted by atomic mass is 10.1. The van der Waals surface area contributed by atoms with Crippen molar-refractivity contribution >= 4 is 55.8 Å². The summed E-state index contributed by atoms with van der Waals surface area (Å²) >= 11 is 11.5. The van der Waals surface area contributed by atoms with E-state index in [0.29, 0.717) is 10.9 Å². The van der Waals surface area contributed by atoms with Crippen LogP contribution in [0.5, 0.6) is 0 Å². The van der Waals surface area contributed by atoms with Crippen molar-refractivity contribution in [2.24, 2.45) is 0 Å². The molecule has 0 radical (unpaired) electrons. The second-order valence-electron chi connectivity index (χ2n) is 4.82. The van der Waals surface area contributed by atoms with Gasteiger partial charge in [0.15, 0.2) is 0 Å². The van der Waals surface area contributed by atoms with Crippen molar-refractivity contribution in [2.75, 3.05) is 4.72 Å². The van der Waals surface area contributed by atoms with Gasteiger partial charge in [0.2, 0.25) is 0 Å². The highest BCUT2D eigenvalue weighted by Gasteiger charge is 2.17. The number of carboxylic acid groups (broad SMARTS) is 1. The molecule has 0 amide bonds. The second-order valence-corrected chi connectivity index (χ2v) is 7.26. The van der Waals surface area contributed by atoms with Crippen LogP contribution in [-0.2, 0) is 10.0 Å². The molecule has 0 aliphatic carbocycles. The molecule has 0 aliphatic heterocycles. The van der Waals surface area contributed by atoms with Gasteiger partial charge >= 0.3 is 5.97 Å². The van der Waals surface area contributed by atoms with Crippen molar-refractivity contribution in [3.05, 3.63) is 52.4 Å². The van der Waals surface area contributed by atoms with Crippen LogP contribution in [0.2, 0.25) is 10.2 Å². The lowest BCUT2D eigenvalue weighted by molar-refractivity contribution is 0.0699. The number of anilines is 1. The number of hydrogen-bond donors (Lipinski definition) is 3. The fourth-order valence-corrected chi connectivity index (χ4v) is 3.49. The minimum Gasteiger partial charge on any atom is -0.478 e. The lowest BCUT2D eigenvalue weighted by Gasteiger charge is -2.08. The third kappa shape index (κ3) is 3.03. The molecule has 3 N–H and O–H groups in total. The first kappa shape index (κ1) is 16.6. The molecule has 7 nitrogen and oxygen atoms in total. The average molecular weight is 386 g/mol. The van der Waals surface area contributed by atoms with Crippen LogP contribution in [0.1, 0.15) is 10.4 Å². The summed E-state index contributed by atoms with van der Waals surface area (Å²) in [7, 11) is -3.92. The maximum absolute atomic E-state index is 12.4. The molecule has 0 saturated heterocycles. The number of aromatic nitrogens is 2. The van der Waals surface area contributed by atoms with E-state index in [2.05, 4.69) is 14.7 Å². The first-order valence-electron chi connectivity index (χ1n) is 6.46. The Morgan fingerprint density at radius 1 is 1.25 bits per heavy atom. The molecule has 2 aromatic heterocycles. The molecule has 3 aromatic rings. The predicted octanol–water partition coefficient (Wildman–Crippen LogP) is 3.37. The number of hydrogen-bond acceptors (Lipinski definition) is 4. The quantitative estimate of drug-likeness (QED) is 0.595. The largest absolute Gasteiger partial charge is 0.478 e. The van der Waals surface area contributed by atoms with Gasteiger partial charge in [0.05, 0.1) is 16.3 Å². The number of H-pyrrole nitrogens is 1. The second kappa shape index (κ2) is 5.97. The summed E-state index contributed by atoms with van der Waals surface area (Å²) in [6.07, 6.45) is 2.43. The fourth-order valence-electron chi connectivity index (χ4n) is 2.13. The van der Waals surface area contributed by atoms with E-state index in [1.165, 1.54) is 30.5 Å². The van der Waals surface area contributed by atoms with Crippen LogP contribution in [0.4, 0.5) is 5.69 Å². The number of pyridine rings is 1. The van der Waals surface area contributed by atoms with E-state index >= 15 is 0 Å². The lowest BCUT2D eigenvalue weighted by Crippen LogP contribution is -2.13. The molecule has 10 heteroatoms. The van der Waals surface area contributed by atoms with E-state index in [4.69, 9.17) is 28.3 Å². The minimum absolute atomic E-state index is 0.00428. The van der Waals surface area contributed by atoms with Crippen LogP contribution in [0.25, 0.3) is 10.9 Å². The molecular formula is C14H9Cl2N3O4S. The molecule has 0 bridgehead atoms. The van der Waals surface area contributed by atoms with Crippen molar-refractivity contribution in [3.8, 4) is 0 Å². The van der Waals surface area contributed by atoms with Gasteiger partial charge in [-0.1, -0.05) is 23.2 Å². The van der Waals surface area contributed by atoms with Crippen LogP contribution >= 0.6 is 23.2 Å². The number of nitrogens with zero attached hydrogens (tertiary/aromatic N) is 1. The van der Waals surface area contributed by atoms with Gasteiger partial charge in [-0.05, 0) is 24.3 Å². The number of fused-ring (bicyclic) bond motifs is 1. The maximum atomic E-state index is 12.4. The molecule has 24 heavy (non-hydrogen) atoms. The maximum Gasteiger partial charge on any atom is 0.337 e. The van der Waals surface area contributed by atoms with Crippen LogP contribution in [0.3, 0.4) is 0 Å². The Labute approximate surface area is 146 Å². The fraction of sp³-hybridized carbons (Fsp3) is 0. The van der Waals surface area contributed by atoms with Crippen LogP contribution in [-0.4, -0.2) is 29.5 Å². The van der Waals surface area contributed by atoms with Crippen molar-refractivity contribution in [2.45, 2.75) is 4.90 Å². The minimum atomic E-state index is -3.92. The van der Waals surface area contributed by atoms with Gasteiger partial charge < -0.3 is 10.1 Å². The van der Waals surface area contributed by atoms with Crippen LogP contribution < -0.4 is 4.72 Å². The SMILES string of the molecule is O=C(O)c1c[nH]c2cc(NS(=O)(=O)c3cnc(Cl)c(Cl)c3)ccc12. The molecule has 0 aliphatic rings. The summed E-state index contributed by atoms with van der Waals surface area (Å²) < 4.78 is 27.1. The summed E-state index contributed by atoms with van der Waals surface area (Å²) in [6, 6.07) is 5.66. The summed E-state index contributed by atoms with van der Waals surface area (Å²) in [5.41, 5.74) is 0.848. The van der Waals surface area contributed by atoms with Gasteiger partial charge in [0, 0.05) is 23.3 Å². The van der Waals surface area contributed by atoms with Crippen molar-refractivity contribution < 1.29 is 18.3 Å². The number of aromatic amines is 1. The smallest absolute Gasteiger partial charge is 0.337 e. The van der Waals surface area contributed by atoms with E-state index in [-0.39, 0.29) is 26.3 Å². The Hall–Kier alpha value is -2.29. The predicted molar refractivity (Wildman–Crippen MR) is 90.3 cm³/mol. The molecule has 0 atom stereocenters. The molecule has 2 heterocycles. The number of carbonyl (C=O) groups is 1. The molecule has 0 spiro atoms. The molecular weight excluding hydrogens is 377 g/mol. The van der Waals surface area contributed by atoms with E-state index in [1.807, 2.05) is 0 Å². The molecule has 124 valence electrons. The molecule has 3 rings (SSSR count). The number of halogens is 2. The zero-order valence-electron chi connectivity index (χ0n) is 11.7. The van der Waals surface area contributed by atoms with Crippen LogP contribution in [0, 0.1) is 0 Å². The Bertz CT molecular complexity index is 1060. The monoisotopic (exact) mass is 385 g/mol. The number of benzene rings is 1. The Kier molecular flexibility index (Phi) is 4.12. The summed E-state index contributed by atoms with van der Waals surface area (Å²) in [6.45, 7) is 0. The zero-order chi connectivity index (χ0) is 17.5. The number of carboxylic acids is 1. The standard InChI is InChI=1S/C14H9Cl2N3O4S/c15-11-4-8(5-18-13(11)16)24(22,23)19-7-1-2-9-10(14(20)21)6-17-12(9)3-7/h1-6,17,19H,(H,20,21). The van der Waals surface area contributed by atoms with Gasteiger partial charge in [0.25, 0.3) is 10.0 Å². The van der Waals surface area contributed by atoms with E-state index in [0.717, 1.165) is 6.20 Å². The topological polar surface area (TPSA) is 112 Å². The van der Waals surface area contributed by atoms with E-state index in [1.54, 1.807) is 0 Å². The number of aromatic carboxylic acids is 1. The molecule has 1 aromatic carbocycles. The highest BCUT2D eigenvalue weighted by Crippen LogP contribution is 2.26. The molecule has 0 unspecified atom stereocenters. The Morgan fingerprint density at radius 3 is 2.67 bits per heavy atom. The van der Waals surface area contributed by atoms with Crippen LogP contribution in [0.15, 0.2) is 41.6 Å². The highest BCUT2D eigenvalue weighted by atomic mass is 35.5. The summed E-state index contributed by atoms with van der Waals surface area (Å²) in [5, 5.41) is 9.56. The van der Waals surface area contributed by atoms with Gasteiger partial charge in [-0.3, -0.25) is 4.72 Å². The zero-order valence-corrected chi connectivity index (χ0v) is 14.1. The first-order chi connectivity index (χ1) is 11.3. The van der Waals surface area contributed by atoms with Crippen molar-refractivity contribution in [1.29, 1.82) is 0 Å². The van der Waals surface area contributed by atoms with Gasteiger partial charge in [-0.25, -0.2) is 18.2 Å². The number of nitrogens with one attached hydrogen (secondary N) is 2. The Balaban J connectivity index is 1.96. The third-order valence-electron chi connectivity index (χ3n) is 3.25. The Morgan fingerprint density at radius 2 is 2.00 bits per heavy atom. The number of sulfonamides is 1. The van der Waals surface area contributed by atoms with Gasteiger partial charge in [-0.2, -0.15) is 0 Å². The first-order valence-corrected chi connectivity index (χ1v) is 8.70. The summed E-state index contributed by atoms with van der Waals surface area (Å²) in [5.74, 6) is -1.07. The van der Waals surface area contributed by atoms with Crippen molar-refractivity contribution in [3.63, 3.8) is 0 Å². The average Bonchev–Trinajstić information content (AvgIpc) is 2.92. The third-order valence-corrected chi connectivity index (χ3v) is 5.28. The molecule has 0 fully saturated rings. The summed E-state index contributed by atoms with van der Waals surface area (Å²) in [4.78, 5) is 17.4. The molecule has 0 saturated carbocycles. The van der Waals surface area contributed by atoms with E-state index < -0.39 is 16.0 Å². The normalized spacial score (nSPS) is 11.6. The number of rotatable bonds is 4. The van der Waals surface area contributed by atoms with Gasteiger partial charge in [-0.15, -0.1) is 0 Å². The van der Waals surface area contributed by atoms with Crippen molar-refractivity contribution in [1.82, 2.24) is 9.97 Å². The highest BCUT2D eigenvalue weighted by molar-refractivity contribution is 7.92.